The summed E-state index contributed by atoms with van der Waals surface area (Å²) in [4.78, 5) is 38.9. The summed E-state index contributed by atoms with van der Waals surface area (Å²) in [6.07, 6.45) is 1.29. The van der Waals surface area contributed by atoms with E-state index in [0.717, 1.165) is 17.7 Å². The Balaban J connectivity index is 1.66. The number of nitrogens with two attached hydrogens (primary N) is 1. The van der Waals surface area contributed by atoms with Crippen molar-refractivity contribution in [2.75, 3.05) is 19.4 Å². The van der Waals surface area contributed by atoms with Crippen LogP contribution >= 0.6 is 0 Å². The summed E-state index contributed by atoms with van der Waals surface area (Å²) < 4.78 is 42.8. The van der Waals surface area contributed by atoms with Gasteiger partial charge in [0.15, 0.2) is 0 Å². The topological polar surface area (TPSA) is 119 Å². The first-order chi connectivity index (χ1) is 18.4. The van der Waals surface area contributed by atoms with E-state index in [4.69, 9.17) is 5.73 Å². The van der Waals surface area contributed by atoms with Crippen LogP contribution in [0.2, 0.25) is 0 Å². The van der Waals surface area contributed by atoms with Crippen molar-refractivity contribution in [1.29, 1.82) is 0 Å². The number of benzene rings is 2. The average Bonchev–Trinajstić information content (AvgIpc) is 3.31. The Kier molecular flexibility index (Phi) is 7.77. The first-order valence-corrected chi connectivity index (χ1v) is 11.8. The number of aromatic nitrogens is 4. The van der Waals surface area contributed by atoms with Gasteiger partial charge in [-0.05, 0) is 56.9 Å². The van der Waals surface area contributed by atoms with Gasteiger partial charge in [-0.1, -0.05) is 6.07 Å². The second-order valence-electron chi connectivity index (χ2n) is 9.24. The molecule has 0 bridgehead atoms. The molecule has 2 heterocycles. The SMILES string of the molecule is Cc1ccc(C(=O)Nc2cc(-n3ccnc3CN(C)C)cc(C(F)(F)F)c2)cc1-c1cnc(CC(N)=O)cn1. The monoisotopic (exact) mass is 537 g/mol. The van der Waals surface area contributed by atoms with Crippen LogP contribution in [0.15, 0.2) is 61.2 Å². The fourth-order valence-electron chi connectivity index (χ4n) is 3.96. The molecule has 0 aliphatic heterocycles. The van der Waals surface area contributed by atoms with E-state index in [-0.39, 0.29) is 23.4 Å². The molecule has 0 saturated heterocycles. The van der Waals surface area contributed by atoms with Crippen molar-refractivity contribution in [2.24, 2.45) is 5.73 Å². The normalized spacial score (nSPS) is 11.6. The van der Waals surface area contributed by atoms with Crippen molar-refractivity contribution in [3.63, 3.8) is 0 Å². The molecule has 2 amide bonds. The van der Waals surface area contributed by atoms with E-state index in [1.54, 1.807) is 29.0 Å². The number of carbonyl (C=O) groups is 2. The molecule has 2 aromatic heterocycles. The van der Waals surface area contributed by atoms with Crippen LogP contribution in [0.4, 0.5) is 18.9 Å². The maximum Gasteiger partial charge on any atom is 0.416 e. The number of hydrogen-bond donors (Lipinski definition) is 2. The molecular weight excluding hydrogens is 511 g/mol. The molecule has 0 unspecified atom stereocenters. The van der Waals surface area contributed by atoms with E-state index >= 15 is 0 Å². The van der Waals surface area contributed by atoms with Gasteiger partial charge in [-0.15, -0.1) is 0 Å². The van der Waals surface area contributed by atoms with Crippen molar-refractivity contribution < 1.29 is 22.8 Å². The Bertz CT molecular complexity index is 1510. The van der Waals surface area contributed by atoms with Crippen LogP contribution in [-0.4, -0.2) is 50.3 Å². The minimum atomic E-state index is -4.63. The standard InChI is InChI=1S/C27H26F3N7O2/c1-16-4-5-17(8-22(16)23-14-33-20(13-34-23)12-24(31)38)26(39)35-19-9-18(27(28,29)30)10-21(11-19)37-7-6-32-25(37)15-36(2)3/h4-11,13-14H,12,15H2,1-3H3,(H2,31,38)(H,35,39). The molecule has 4 aromatic rings. The van der Waals surface area contributed by atoms with Crippen molar-refractivity contribution in [1.82, 2.24) is 24.4 Å². The zero-order chi connectivity index (χ0) is 28.3. The fraction of sp³-hybridized carbons (Fsp3) is 0.222. The van der Waals surface area contributed by atoms with Gasteiger partial charge in [0.25, 0.3) is 5.91 Å². The maximum atomic E-state index is 13.8. The molecule has 2 aromatic carbocycles. The molecule has 39 heavy (non-hydrogen) atoms. The lowest BCUT2D eigenvalue weighted by atomic mass is 10.0. The number of nitrogens with one attached hydrogen (secondary N) is 1. The van der Waals surface area contributed by atoms with Crippen LogP contribution < -0.4 is 11.1 Å². The number of alkyl halides is 3. The molecular formula is C27H26F3N7O2. The predicted molar refractivity (Wildman–Crippen MR) is 139 cm³/mol. The third kappa shape index (κ3) is 6.65. The molecule has 4 rings (SSSR count). The number of amides is 2. The summed E-state index contributed by atoms with van der Waals surface area (Å²) in [7, 11) is 3.65. The van der Waals surface area contributed by atoms with E-state index in [0.29, 0.717) is 29.3 Å². The molecule has 202 valence electrons. The third-order valence-electron chi connectivity index (χ3n) is 5.79. The third-order valence-corrected chi connectivity index (χ3v) is 5.79. The Morgan fingerprint density at radius 1 is 1.05 bits per heavy atom. The Labute approximate surface area is 222 Å². The molecule has 3 N–H and O–H groups in total. The Morgan fingerprint density at radius 3 is 2.46 bits per heavy atom. The lowest BCUT2D eigenvalue weighted by Gasteiger charge is -2.16. The van der Waals surface area contributed by atoms with Gasteiger partial charge in [-0.2, -0.15) is 13.2 Å². The highest BCUT2D eigenvalue weighted by Gasteiger charge is 2.32. The smallest absolute Gasteiger partial charge is 0.369 e. The molecule has 0 spiro atoms. The molecule has 0 aliphatic carbocycles. The summed E-state index contributed by atoms with van der Waals surface area (Å²) in [5, 5.41) is 2.59. The van der Waals surface area contributed by atoms with Gasteiger partial charge in [0.05, 0.1) is 36.1 Å². The van der Waals surface area contributed by atoms with Crippen LogP contribution in [0.25, 0.3) is 16.9 Å². The number of rotatable bonds is 8. The van der Waals surface area contributed by atoms with Crippen LogP contribution in [0.3, 0.4) is 0 Å². The quantitative estimate of drug-likeness (QED) is 0.351. The molecule has 0 radical (unpaired) electrons. The number of carbonyl (C=O) groups excluding carboxylic acids is 2. The van der Waals surface area contributed by atoms with Gasteiger partial charge in [-0.25, -0.2) is 4.98 Å². The molecule has 9 nitrogen and oxygen atoms in total. The fourth-order valence-corrected chi connectivity index (χ4v) is 3.96. The second-order valence-corrected chi connectivity index (χ2v) is 9.24. The van der Waals surface area contributed by atoms with Crippen molar-refractivity contribution in [3.8, 4) is 16.9 Å². The highest BCUT2D eigenvalue weighted by Crippen LogP contribution is 2.33. The highest BCUT2D eigenvalue weighted by molar-refractivity contribution is 6.05. The number of aryl methyl sites for hydroxylation is 1. The molecule has 0 fully saturated rings. The van der Waals surface area contributed by atoms with Crippen LogP contribution in [0, 0.1) is 6.92 Å². The summed E-state index contributed by atoms with van der Waals surface area (Å²) in [6.45, 7) is 2.23. The van der Waals surface area contributed by atoms with Gasteiger partial charge in [0, 0.05) is 41.1 Å². The lowest BCUT2D eigenvalue weighted by Crippen LogP contribution is -2.16. The van der Waals surface area contributed by atoms with E-state index in [1.165, 1.54) is 24.7 Å². The van der Waals surface area contributed by atoms with Crippen LogP contribution in [0.1, 0.15) is 33.0 Å². The number of primary amides is 1. The first-order valence-electron chi connectivity index (χ1n) is 11.8. The Hall–Kier alpha value is -4.58. The van der Waals surface area contributed by atoms with E-state index in [1.807, 2.05) is 25.9 Å². The van der Waals surface area contributed by atoms with Crippen molar-refractivity contribution in [2.45, 2.75) is 26.1 Å². The molecule has 0 atom stereocenters. The second kappa shape index (κ2) is 11.0. The van der Waals surface area contributed by atoms with Gasteiger partial charge in [0.2, 0.25) is 5.91 Å². The largest absolute Gasteiger partial charge is 0.416 e. The van der Waals surface area contributed by atoms with Gasteiger partial charge in [-0.3, -0.25) is 19.6 Å². The first kappa shape index (κ1) is 27.5. The minimum absolute atomic E-state index is 0.0213. The van der Waals surface area contributed by atoms with Crippen LogP contribution in [-0.2, 0) is 23.9 Å². The summed E-state index contributed by atoms with van der Waals surface area (Å²) in [5.74, 6) is -0.590. The van der Waals surface area contributed by atoms with Crippen LogP contribution in [0.5, 0.6) is 0 Å². The van der Waals surface area contributed by atoms with E-state index in [2.05, 4.69) is 20.3 Å². The number of nitrogens with zero attached hydrogens (tertiary/aromatic N) is 5. The Morgan fingerprint density at radius 2 is 1.82 bits per heavy atom. The molecule has 0 saturated carbocycles. The minimum Gasteiger partial charge on any atom is -0.369 e. The number of anilines is 1. The lowest BCUT2D eigenvalue weighted by molar-refractivity contribution is -0.137. The maximum absolute atomic E-state index is 13.8. The van der Waals surface area contributed by atoms with Gasteiger partial charge < -0.3 is 20.5 Å². The average molecular weight is 538 g/mol. The van der Waals surface area contributed by atoms with Gasteiger partial charge in [0.1, 0.15) is 5.82 Å². The number of hydrogen-bond acceptors (Lipinski definition) is 6. The number of halogens is 3. The molecule has 12 heteroatoms. The van der Waals surface area contributed by atoms with Gasteiger partial charge >= 0.3 is 6.18 Å². The van der Waals surface area contributed by atoms with Crippen molar-refractivity contribution >= 4 is 17.5 Å². The zero-order valence-corrected chi connectivity index (χ0v) is 21.5. The summed E-state index contributed by atoms with van der Waals surface area (Å²) >= 11 is 0. The predicted octanol–water partition coefficient (Wildman–Crippen LogP) is 4.00. The number of imidazole rings is 1. The molecule has 0 aliphatic rings. The zero-order valence-electron chi connectivity index (χ0n) is 21.5. The van der Waals surface area contributed by atoms with E-state index < -0.39 is 23.6 Å². The summed E-state index contributed by atoms with van der Waals surface area (Å²) in [6, 6.07) is 8.24. The van der Waals surface area contributed by atoms with E-state index in [9.17, 15) is 22.8 Å². The summed E-state index contributed by atoms with van der Waals surface area (Å²) in [5.41, 5.74) is 6.98. The van der Waals surface area contributed by atoms with Crippen molar-refractivity contribution in [3.05, 3.63) is 89.4 Å². The highest BCUT2D eigenvalue weighted by atomic mass is 19.4.